The van der Waals surface area contributed by atoms with E-state index in [0.29, 0.717) is 12.0 Å². The van der Waals surface area contributed by atoms with Crippen molar-refractivity contribution in [3.63, 3.8) is 0 Å². The molecule has 0 aromatic heterocycles. The van der Waals surface area contributed by atoms with Gasteiger partial charge in [-0.3, -0.25) is 9.52 Å². The van der Waals surface area contributed by atoms with Gasteiger partial charge in [0.05, 0.1) is 10.6 Å². The van der Waals surface area contributed by atoms with Crippen LogP contribution >= 0.6 is 0 Å². The smallest absolute Gasteiger partial charge is 0.262 e. The highest BCUT2D eigenvalue weighted by Gasteiger charge is 2.16. The van der Waals surface area contributed by atoms with Crippen LogP contribution in [0.4, 0.5) is 5.69 Å². The zero-order valence-electron chi connectivity index (χ0n) is 12.3. The van der Waals surface area contributed by atoms with E-state index in [1.54, 1.807) is 19.9 Å². The summed E-state index contributed by atoms with van der Waals surface area (Å²) >= 11 is 0. The predicted octanol–water partition coefficient (Wildman–Crippen LogP) is 3.09. The van der Waals surface area contributed by atoms with Gasteiger partial charge in [0.25, 0.3) is 10.0 Å². The van der Waals surface area contributed by atoms with E-state index >= 15 is 0 Å². The molecule has 0 saturated heterocycles. The first kappa shape index (κ1) is 16.0. The number of hydrogen-bond acceptors (Lipinski definition) is 4. The Hall–Kier alpha value is -2.34. The van der Waals surface area contributed by atoms with Gasteiger partial charge in [0.1, 0.15) is 5.75 Å². The number of phenolic OH excluding ortho intramolecular Hbond substituents is 1. The summed E-state index contributed by atoms with van der Waals surface area (Å²) < 4.78 is 26.9. The molecule has 0 bridgehead atoms. The van der Waals surface area contributed by atoms with Crippen molar-refractivity contribution in [3.05, 3.63) is 53.6 Å². The highest BCUT2D eigenvalue weighted by molar-refractivity contribution is 7.92. The molecule has 0 aliphatic heterocycles. The van der Waals surface area contributed by atoms with Gasteiger partial charge >= 0.3 is 0 Å². The molecule has 6 heteroatoms. The van der Waals surface area contributed by atoms with Crippen LogP contribution in [-0.4, -0.2) is 19.3 Å². The number of aromatic hydroxyl groups is 1. The first-order valence-corrected chi connectivity index (χ1v) is 8.27. The number of hydrogen-bond donors (Lipinski definition) is 2. The number of benzene rings is 2. The fraction of sp³-hybridized carbons (Fsp3) is 0.188. The number of Topliss-reactive ketones (excluding diaryl/α,β-unsaturated/α-hetero) is 1. The summed E-state index contributed by atoms with van der Waals surface area (Å²) in [4.78, 5) is 11.6. The van der Waals surface area contributed by atoms with Crippen molar-refractivity contribution < 1.29 is 18.3 Å². The number of nitrogens with one attached hydrogen (secondary N) is 1. The fourth-order valence-corrected chi connectivity index (χ4v) is 3.03. The second-order valence-corrected chi connectivity index (χ2v) is 6.61. The average Bonchev–Trinajstić information content (AvgIpc) is 2.49. The van der Waals surface area contributed by atoms with Crippen molar-refractivity contribution >= 4 is 21.5 Å². The Balaban J connectivity index is 2.28. The molecule has 2 aromatic rings. The molecule has 0 radical (unpaired) electrons. The molecule has 22 heavy (non-hydrogen) atoms. The Kier molecular flexibility index (Phi) is 4.51. The number of rotatable bonds is 5. The van der Waals surface area contributed by atoms with E-state index in [2.05, 4.69) is 4.72 Å². The minimum absolute atomic E-state index is 0.0279. The van der Waals surface area contributed by atoms with Gasteiger partial charge in [0, 0.05) is 12.0 Å². The summed E-state index contributed by atoms with van der Waals surface area (Å²) in [5, 5.41) is 9.78. The highest BCUT2D eigenvalue weighted by Crippen LogP contribution is 2.26. The van der Waals surface area contributed by atoms with Crippen LogP contribution in [0.15, 0.2) is 47.4 Å². The zero-order chi connectivity index (χ0) is 16.3. The Bertz CT molecular complexity index is 795. The average molecular weight is 319 g/mol. The summed E-state index contributed by atoms with van der Waals surface area (Å²) in [6.45, 7) is 3.54. The molecule has 0 unspecified atom stereocenters. The van der Waals surface area contributed by atoms with Gasteiger partial charge in [0.15, 0.2) is 5.78 Å². The van der Waals surface area contributed by atoms with E-state index in [9.17, 15) is 18.3 Å². The predicted molar refractivity (Wildman–Crippen MR) is 84.7 cm³/mol. The quantitative estimate of drug-likeness (QED) is 0.655. The van der Waals surface area contributed by atoms with Crippen LogP contribution in [0.3, 0.4) is 0 Å². The molecular weight excluding hydrogens is 302 g/mol. The third-order valence-corrected chi connectivity index (χ3v) is 4.59. The molecule has 0 heterocycles. The number of carbonyl (C=O) groups is 1. The normalized spacial score (nSPS) is 11.2. The number of carbonyl (C=O) groups excluding carboxylic acids is 1. The third-order valence-electron chi connectivity index (χ3n) is 3.21. The molecule has 0 amide bonds. The number of aryl methyl sites for hydroxylation is 1. The standard InChI is InChI=1S/C16H17NO4S/c1-3-15(18)12-5-7-13(8-6-12)22(20,21)17-14-9-4-11(2)10-16(14)19/h4-10,17,19H,3H2,1-2H3. The van der Waals surface area contributed by atoms with E-state index < -0.39 is 10.0 Å². The monoisotopic (exact) mass is 319 g/mol. The number of ketones is 1. The Morgan fingerprint density at radius 2 is 1.77 bits per heavy atom. The third kappa shape index (κ3) is 3.46. The topological polar surface area (TPSA) is 83.5 Å². The summed E-state index contributed by atoms with van der Waals surface area (Å²) in [7, 11) is -3.82. The molecule has 0 spiro atoms. The van der Waals surface area contributed by atoms with E-state index in [1.165, 1.54) is 36.4 Å². The molecular formula is C16H17NO4S. The lowest BCUT2D eigenvalue weighted by molar-refractivity contribution is 0.0988. The van der Waals surface area contributed by atoms with E-state index in [1.807, 2.05) is 0 Å². The second-order valence-electron chi connectivity index (χ2n) is 4.93. The highest BCUT2D eigenvalue weighted by atomic mass is 32.2. The van der Waals surface area contributed by atoms with Gasteiger partial charge in [0.2, 0.25) is 0 Å². The van der Waals surface area contributed by atoms with Gasteiger partial charge in [-0.1, -0.05) is 25.1 Å². The molecule has 2 N–H and O–H groups in total. The lowest BCUT2D eigenvalue weighted by Gasteiger charge is -2.10. The maximum atomic E-state index is 12.3. The van der Waals surface area contributed by atoms with Crippen LogP contribution in [0.5, 0.6) is 5.75 Å². The van der Waals surface area contributed by atoms with Crippen LogP contribution in [0.2, 0.25) is 0 Å². The fourth-order valence-electron chi connectivity index (χ4n) is 1.96. The van der Waals surface area contributed by atoms with Gasteiger partial charge in [-0.15, -0.1) is 0 Å². The Labute approximate surface area is 129 Å². The molecule has 0 aliphatic rings. The van der Waals surface area contributed by atoms with Crippen LogP contribution in [0.1, 0.15) is 29.3 Å². The van der Waals surface area contributed by atoms with Gasteiger partial charge < -0.3 is 5.11 Å². The summed E-state index contributed by atoms with van der Waals surface area (Å²) in [6.07, 6.45) is 0.363. The minimum atomic E-state index is -3.82. The van der Waals surface area contributed by atoms with Crippen LogP contribution < -0.4 is 4.72 Å². The van der Waals surface area contributed by atoms with Crippen molar-refractivity contribution in [3.8, 4) is 5.75 Å². The molecule has 0 fully saturated rings. The summed E-state index contributed by atoms with van der Waals surface area (Å²) in [6, 6.07) is 10.4. The first-order valence-electron chi connectivity index (χ1n) is 6.79. The molecule has 2 aromatic carbocycles. The SMILES string of the molecule is CCC(=O)c1ccc(S(=O)(=O)Nc2ccc(C)cc2O)cc1. The molecule has 5 nitrogen and oxygen atoms in total. The van der Waals surface area contributed by atoms with Crippen molar-refractivity contribution in [2.24, 2.45) is 0 Å². The van der Waals surface area contributed by atoms with Crippen molar-refractivity contribution in [1.82, 2.24) is 0 Å². The van der Waals surface area contributed by atoms with Crippen molar-refractivity contribution in [1.29, 1.82) is 0 Å². The minimum Gasteiger partial charge on any atom is -0.506 e. The van der Waals surface area contributed by atoms with Crippen LogP contribution in [0.25, 0.3) is 0 Å². The van der Waals surface area contributed by atoms with Gasteiger partial charge in [-0.2, -0.15) is 0 Å². The zero-order valence-corrected chi connectivity index (χ0v) is 13.1. The maximum Gasteiger partial charge on any atom is 0.262 e. The summed E-state index contributed by atoms with van der Waals surface area (Å²) in [5.74, 6) is -0.186. The molecule has 116 valence electrons. The Morgan fingerprint density at radius 1 is 1.14 bits per heavy atom. The maximum absolute atomic E-state index is 12.3. The lowest BCUT2D eigenvalue weighted by atomic mass is 10.1. The van der Waals surface area contributed by atoms with E-state index in [4.69, 9.17) is 0 Å². The number of anilines is 1. The van der Waals surface area contributed by atoms with E-state index in [-0.39, 0.29) is 22.1 Å². The second kappa shape index (κ2) is 6.19. The number of phenols is 1. The van der Waals surface area contributed by atoms with Crippen LogP contribution in [0, 0.1) is 6.92 Å². The van der Waals surface area contributed by atoms with Crippen molar-refractivity contribution in [2.75, 3.05) is 4.72 Å². The molecule has 0 atom stereocenters. The molecule has 0 aliphatic carbocycles. The van der Waals surface area contributed by atoms with Gasteiger partial charge in [-0.25, -0.2) is 8.42 Å². The van der Waals surface area contributed by atoms with Gasteiger partial charge in [-0.05, 0) is 36.8 Å². The largest absolute Gasteiger partial charge is 0.506 e. The lowest BCUT2D eigenvalue weighted by Crippen LogP contribution is -2.13. The molecule has 0 saturated carbocycles. The number of sulfonamides is 1. The summed E-state index contributed by atoms with van der Waals surface area (Å²) in [5.41, 5.74) is 1.40. The first-order chi connectivity index (χ1) is 10.3. The molecule has 2 rings (SSSR count). The van der Waals surface area contributed by atoms with Crippen molar-refractivity contribution in [2.45, 2.75) is 25.2 Å². The Morgan fingerprint density at radius 3 is 2.32 bits per heavy atom. The van der Waals surface area contributed by atoms with Crippen LogP contribution in [-0.2, 0) is 10.0 Å². The van der Waals surface area contributed by atoms with E-state index in [0.717, 1.165) is 5.56 Å².